The average molecular weight is 219 g/mol. The molecule has 16 heavy (non-hydrogen) atoms. The maximum absolute atomic E-state index is 5.21. The van der Waals surface area contributed by atoms with E-state index >= 15 is 0 Å². The molecule has 0 spiro atoms. The summed E-state index contributed by atoms with van der Waals surface area (Å²) >= 11 is 0. The summed E-state index contributed by atoms with van der Waals surface area (Å²) in [7, 11) is 0. The Labute approximate surface area is 93.7 Å². The fourth-order valence-corrected chi connectivity index (χ4v) is 0.991. The zero-order valence-electron chi connectivity index (χ0n) is 8.77. The highest BCUT2D eigenvalue weighted by atomic mass is 15.4. The molecule has 0 bridgehead atoms. The van der Waals surface area contributed by atoms with Crippen LogP contribution in [0.15, 0.2) is 48.0 Å². The van der Waals surface area contributed by atoms with Crippen LogP contribution in [0.25, 0.3) is 0 Å². The van der Waals surface area contributed by atoms with Crippen molar-refractivity contribution < 1.29 is 4.99 Å². The van der Waals surface area contributed by atoms with E-state index in [9.17, 15) is 0 Å². The third-order valence-corrected chi connectivity index (χ3v) is 1.65. The first-order valence-electron chi connectivity index (χ1n) is 4.74. The lowest BCUT2D eigenvalue weighted by Gasteiger charge is -2.00. The second-order valence-electron chi connectivity index (χ2n) is 2.76. The summed E-state index contributed by atoms with van der Waals surface area (Å²) in [5.74, 6) is 0. The van der Waals surface area contributed by atoms with Gasteiger partial charge in [-0.05, 0) is 24.5 Å². The predicted molar refractivity (Wildman–Crippen MR) is 63.4 cm³/mol. The molecule has 6 nitrogen and oxygen atoms in total. The van der Waals surface area contributed by atoms with Crippen LogP contribution in [0.2, 0.25) is 0 Å². The number of nitrogens with one attached hydrogen (secondary N) is 1. The summed E-state index contributed by atoms with van der Waals surface area (Å²) in [5, 5.41) is 4.08. The first kappa shape index (κ1) is 11.7. The topological polar surface area (TPSA) is 96.2 Å². The van der Waals surface area contributed by atoms with Crippen LogP contribution in [0.4, 0.5) is 0 Å². The molecule has 1 heterocycles. The van der Waals surface area contributed by atoms with Crippen molar-refractivity contribution in [2.45, 2.75) is 6.29 Å². The molecule has 6 heteroatoms. The molecule has 1 unspecified atom stereocenters. The molecule has 0 radical (unpaired) electrons. The molecule has 0 aliphatic heterocycles. The van der Waals surface area contributed by atoms with Gasteiger partial charge in [0.2, 0.25) is 0 Å². The molecular weight excluding hydrogens is 204 g/mol. The van der Waals surface area contributed by atoms with Crippen LogP contribution in [0.1, 0.15) is 6.29 Å². The minimum absolute atomic E-state index is 0.317. The van der Waals surface area contributed by atoms with Crippen LogP contribution in [0, 0.1) is 0 Å². The number of hydrogen-bond acceptors (Lipinski definition) is 4. The van der Waals surface area contributed by atoms with E-state index in [4.69, 9.17) is 11.5 Å². The van der Waals surface area contributed by atoms with Crippen LogP contribution in [0.5, 0.6) is 0 Å². The van der Waals surface area contributed by atoms with E-state index in [1.54, 1.807) is 41.7 Å². The minimum Gasteiger partial charge on any atom is -0.405 e. The molecule has 5 N–H and O–H groups in total. The number of nitrogens with two attached hydrogens (primary N) is 2. The van der Waals surface area contributed by atoms with Crippen molar-refractivity contribution in [1.82, 2.24) is 9.78 Å². The van der Waals surface area contributed by atoms with Crippen LogP contribution in [-0.2, 0) is 0 Å². The van der Waals surface area contributed by atoms with Gasteiger partial charge in [-0.25, -0.2) is 9.98 Å². The second-order valence-corrected chi connectivity index (χ2v) is 2.76. The number of nitrogens with zero attached hydrogens (tertiary/aromatic N) is 3. The van der Waals surface area contributed by atoms with Crippen molar-refractivity contribution in [2.24, 2.45) is 16.5 Å². The van der Waals surface area contributed by atoms with Crippen LogP contribution < -0.4 is 16.5 Å². The fourth-order valence-electron chi connectivity index (χ4n) is 0.991. The van der Waals surface area contributed by atoms with E-state index in [0.717, 1.165) is 0 Å². The van der Waals surface area contributed by atoms with Gasteiger partial charge in [0, 0.05) is 24.7 Å². The molecule has 0 aliphatic rings. The highest BCUT2D eigenvalue weighted by Gasteiger charge is 2.08. The first-order chi connectivity index (χ1) is 7.88. The van der Waals surface area contributed by atoms with Crippen LogP contribution in [0.3, 0.4) is 0 Å². The molecule has 1 rings (SSSR count). The molecule has 0 aromatic carbocycles. The highest BCUT2D eigenvalue weighted by Crippen LogP contribution is 1.94. The Morgan fingerprint density at radius 2 is 2.12 bits per heavy atom. The number of rotatable bonds is 5. The van der Waals surface area contributed by atoms with Gasteiger partial charge in [-0.2, -0.15) is 9.78 Å². The zero-order chi connectivity index (χ0) is 11.6. The van der Waals surface area contributed by atoms with Crippen molar-refractivity contribution in [2.75, 3.05) is 0 Å². The summed E-state index contributed by atoms with van der Waals surface area (Å²) in [5.41, 5.74) is 10.4. The largest absolute Gasteiger partial charge is 0.405 e. The van der Waals surface area contributed by atoms with Gasteiger partial charge in [-0.3, -0.25) is 0 Å². The Morgan fingerprint density at radius 3 is 2.75 bits per heavy atom. The maximum Gasteiger partial charge on any atom is 0.345 e. The van der Waals surface area contributed by atoms with Gasteiger partial charge >= 0.3 is 6.29 Å². The second kappa shape index (κ2) is 6.99. The summed E-state index contributed by atoms with van der Waals surface area (Å²) in [6.45, 7) is 0. The predicted octanol–water partition coefficient (Wildman–Crippen LogP) is -1.49. The van der Waals surface area contributed by atoms with Crippen molar-refractivity contribution >= 4 is 12.4 Å². The van der Waals surface area contributed by atoms with Crippen molar-refractivity contribution in [3.63, 3.8) is 0 Å². The third kappa shape index (κ3) is 3.79. The highest BCUT2D eigenvalue weighted by molar-refractivity contribution is 5.70. The Hall–Kier alpha value is -2.37. The molecule has 1 aromatic heterocycles. The van der Waals surface area contributed by atoms with E-state index in [2.05, 4.69) is 15.1 Å². The Bertz CT molecular complexity index is 365. The van der Waals surface area contributed by atoms with Gasteiger partial charge in [0.15, 0.2) is 6.21 Å². The van der Waals surface area contributed by atoms with Gasteiger partial charge in [-0.1, -0.05) is 0 Å². The standard InChI is InChI=1S/C10H14N6/c11-4-1-6-13-10(14-7-2-5-12)16-9-3-8-15-16/h1-10H,11-12H2/p+1. The Balaban J connectivity index is 2.77. The van der Waals surface area contributed by atoms with E-state index in [0.29, 0.717) is 0 Å². The lowest BCUT2D eigenvalue weighted by atomic mass is 10.6. The average Bonchev–Trinajstić information content (AvgIpc) is 2.81. The zero-order valence-corrected chi connectivity index (χ0v) is 8.77. The molecule has 1 atom stereocenters. The van der Waals surface area contributed by atoms with E-state index in [1.807, 2.05) is 6.07 Å². The van der Waals surface area contributed by atoms with E-state index in [1.165, 1.54) is 12.4 Å². The smallest absolute Gasteiger partial charge is 0.345 e. The SMILES string of the molecule is NC=CC=NC([NH+]=CC=CN)n1cccn1. The monoisotopic (exact) mass is 219 g/mol. The van der Waals surface area contributed by atoms with Crippen LogP contribution in [-0.4, -0.2) is 22.2 Å². The van der Waals surface area contributed by atoms with Crippen molar-refractivity contribution in [1.29, 1.82) is 0 Å². The Morgan fingerprint density at radius 1 is 1.31 bits per heavy atom. The summed E-state index contributed by atoms with van der Waals surface area (Å²) in [6, 6.07) is 1.82. The van der Waals surface area contributed by atoms with E-state index < -0.39 is 0 Å². The van der Waals surface area contributed by atoms with Gasteiger partial charge in [-0.15, -0.1) is 0 Å². The minimum atomic E-state index is -0.317. The Kier molecular flexibility index (Phi) is 5.11. The lowest BCUT2D eigenvalue weighted by Crippen LogP contribution is -2.71. The van der Waals surface area contributed by atoms with E-state index in [-0.39, 0.29) is 6.29 Å². The van der Waals surface area contributed by atoms with Crippen molar-refractivity contribution in [3.05, 3.63) is 43.0 Å². The number of hydrogen-bond donors (Lipinski definition) is 3. The van der Waals surface area contributed by atoms with Gasteiger partial charge in [0.05, 0.1) is 0 Å². The van der Waals surface area contributed by atoms with Gasteiger partial charge < -0.3 is 11.5 Å². The van der Waals surface area contributed by atoms with Gasteiger partial charge in [0.25, 0.3) is 0 Å². The number of aliphatic imine (C=N–C) groups is 1. The molecule has 84 valence electrons. The number of aromatic nitrogens is 2. The summed E-state index contributed by atoms with van der Waals surface area (Å²) in [4.78, 5) is 7.24. The molecule has 0 saturated carbocycles. The first-order valence-corrected chi connectivity index (χ1v) is 4.74. The van der Waals surface area contributed by atoms with Gasteiger partial charge in [0.1, 0.15) is 0 Å². The molecule has 0 saturated heterocycles. The quantitative estimate of drug-likeness (QED) is 0.526. The molecule has 0 aliphatic carbocycles. The normalized spacial score (nSPS) is 14.8. The summed E-state index contributed by atoms with van der Waals surface area (Å²) in [6.07, 6.45) is 12.6. The summed E-state index contributed by atoms with van der Waals surface area (Å²) < 4.78 is 1.67. The molecular formula is C10H15N6+. The van der Waals surface area contributed by atoms with Crippen LogP contribution >= 0.6 is 0 Å². The molecule has 0 fully saturated rings. The lowest BCUT2D eigenvalue weighted by molar-refractivity contribution is -0.525. The fraction of sp³-hybridized carbons (Fsp3) is 0.100. The van der Waals surface area contributed by atoms with Crippen molar-refractivity contribution in [3.8, 4) is 0 Å². The molecule has 0 amide bonds. The maximum atomic E-state index is 5.21. The number of allylic oxidation sites excluding steroid dienone is 2. The molecule has 1 aromatic rings. The third-order valence-electron chi connectivity index (χ3n) is 1.65.